The molecule has 2 heterocycles. The van der Waals surface area contributed by atoms with Gasteiger partial charge in [-0.15, -0.1) is 0 Å². The van der Waals surface area contributed by atoms with E-state index in [0.717, 1.165) is 31.4 Å². The number of benzene rings is 1. The van der Waals surface area contributed by atoms with Gasteiger partial charge in [0.05, 0.1) is 0 Å². The van der Waals surface area contributed by atoms with E-state index in [9.17, 15) is 4.79 Å². The average molecular weight is 298 g/mol. The molecule has 4 nitrogen and oxygen atoms in total. The topological polar surface area (TPSA) is 46.3 Å². The SMILES string of the molecule is CC[C@@H]1CCCCN1C(=O)c1c(-c2ccccc2)noc1C. The van der Waals surface area contributed by atoms with Crippen molar-refractivity contribution >= 4 is 5.91 Å². The molecule has 3 rings (SSSR count). The molecule has 1 atom stereocenters. The number of carbonyl (C=O) groups excluding carboxylic acids is 1. The minimum atomic E-state index is 0.0594. The van der Waals surface area contributed by atoms with Crippen molar-refractivity contribution in [3.8, 4) is 11.3 Å². The predicted octanol–water partition coefficient (Wildman–Crippen LogP) is 4.05. The highest BCUT2D eigenvalue weighted by Crippen LogP contribution is 2.29. The van der Waals surface area contributed by atoms with Crippen molar-refractivity contribution in [1.29, 1.82) is 0 Å². The molecule has 1 aliphatic heterocycles. The van der Waals surface area contributed by atoms with Gasteiger partial charge in [0.15, 0.2) is 0 Å². The molecule has 1 aromatic carbocycles. The Morgan fingerprint density at radius 3 is 2.82 bits per heavy atom. The van der Waals surface area contributed by atoms with Gasteiger partial charge in [-0.25, -0.2) is 0 Å². The predicted molar refractivity (Wildman–Crippen MR) is 85.6 cm³/mol. The number of rotatable bonds is 3. The van der Waals surface area contributed by atoms with Crippen molar-refractivity contribution in [3.05, 3.63) is 41.7 Å². The monoisotopic (exact) mass is 298 g/mol. The molecular formula is C18H22N2O2. The van der Waals surface area contributed by atoms with Gasteiger partial charge in [0.1, 0.15) is 17.0 Å². The molecule has 0 N–H and O–H groups in total. The van der Waals surface area contributed by atoms with Crippen LogP contribution in [0.25, 0.3) is 11.3 Å². The number of hydrogen-bond donors (Lipinski definition) is 0. The number of aryl methyl sites for hydroxylation is 1. The smallest absolute Gasteiger partial charge is 0.259 e. The van der Waals surface area contributed by atoms with Crippen molar-refractivity contribution in [1.82, 2.24) is 10.1 Å². The van der Waals surface area contributed by atoms with Gasteiger partial charge in [0, 0.05) is 18.2 Å². The van der Waals surface area contributed by atoms with Crippen LogP contribution in [-0.2, 0) is 0 Å². The van der Waals surface area contributed by atoms with Gasteiger partial charge in [-0.1, -0.05) is 42.4 Å². The van der Waals surface area contributed by atoms with E-state index in [2.05, 4.69) is 12.1 Å². The molecule has 1 aliphatic rings. The zero-order valence-electron chi connectivity index (χ0n) is 13.2. The van der Waals surface area contributed by atoms with Crippen molar-refractivity contribution in [2.45, 2.75) is 45.6 Å². The lowest BCUT2D eigenvalue weighted by Crippen LogP contribution is -2.43. The quantitative estimate of drug-likeness (QED) is 0.858. The lowest BCUT2D eigenvalue weighted by Gasteiger charge is -2.35. The number of likely N-dealkylation sites (tertiary alicyclic amines) is 1. The molecule has 0 radical (unpaired) electrons. The summed E-state index contributed by atoms with van der Waals surface area (Å²) in [4.78, 5) is 15.1. The Bertz CT molecular complexity index is 648. The largest absolute Gasteiger partial charge is 0.360 e. The molecule has 1 amide bonds. The van der Waals surface area contributed by atoms with Crippen LogP contribution in [0.5, 0.6) is 0 Å². The Hall–Kier alpha value is -2.10. The van der Waals surface area contributed by atoms with E-state index in [1.165, 1.54) is 6.42 Å². The first-order valence-electron chi connectivity index (χ1n) is 8.05. The Kier molecular flexibility index (Phi) is 4.27. The van der Waals surface area contributed by atoms with Crippen LogP contribution in [0.15, 0.2) is 34.9 Å². The number of nitrogens with zero attached hydrogens (tertiary/aromatic N) is 2. The molecule has 0 aliphatic carbocycles. The first kappa shape index (κ1) is 14.8. The second kappa shape index (κ2) is 6.34. The van der Waals surface area contributed by atoms with Gasteiger partial charge < -0.3 is 9.42 Å². The van der Waals surface area contributed by atoms with Crippen LogP contribution in [0.1, 0.15) is 48.7 Å². The highest BCUT2D eigenvalue weighted by Gasteiger charge is 2.31. The molecule has 1 aromatic heterocycles. The normalized spacial score (nSPS) is 18.5. The molecule has 22 heavy (non-hydrogen) atoms. The van der Waals surface area contributed by atoms with Crippen molar-refractivity contribution in [3.63, 3.8) is 0 Å². The molecule has 0 saturated carbocycles. The molecular weight excluding hydrogens is 276 g/mol. The summed E-state index contributed by atoms with van der Waals surface area (Å²) >= 11 is 0. The van der Waals surface area contributed by atoms with E-state index in [-0.39, 0.29) is 5.91 Å². The van der Waals surface area contributed by atoms with Crippen molar-refractivity contribution < 1.29 is 9.32 Å². The van der Waals surface area contributed by atoms with Crippen LogP contribution in [0.3, 0.4) is 0 Å². The second-order valence-corrected chi connectivity index (χ2v) is 5.88. The number of hydrogen-bond acceptors (Lipinski definition) is 3. The zero-order chi connectivity index (χ0) is 15.5. The minimum Gasteiger partial charge on any atom is -0.360 e. The Balaban J connectivity index is 1.97. The summed E-state index contributed by atoms with van der Waals surface area (Å²) in [5.74, 6) is 0.661. The Labute approximate surface area is 131 Å². The van der Waals surface area contributed by atoms with Gasteiger partial charge >= 0.3 is 0 Å². The maximum absolute atomic E-state index is 13.1. The fraction of sp³-hybridized carbons (Fsp3) is 0.444. The number of carbonyl (C=O) groups is 1. The lowest BCUT2D eigenvalue weighted by atomic mass is 9.97. The Morgan fingerprint density at radius 2 is 2.09 bits per heavy atom. The third kappa shape index (κ3) is 2.65. The first-order valence-corrected chi connectivity index (χ1v) is 8.05. The van der Waals surface area contributed by atoms with Gasteiger partial charge in [0.25, 0.3) is 5.91 Å². The highest BCUT2D eigenvalue weighted by molar-refractivity contribution is 6.01. The summed E-state index contributed by atoms with van der Waals surface area (Å²) in [6.07, 6.45) is 4.37. The minimum absolute atomic E-state index is 0.0594. The van der Waals surface area contributed by atoms with Gasteiger partial charge in [-0.3, -0.25) is 4.79 Å². The summed E-state index contributed by atoms with van der Waals surface area (Å²) in [5.41, 5.74) is 2.20. The summed E-state index contributed by atoms with van der Waals surface area (Å²) in [5, 5.41) is 4.13. The maximum atomic E-state index is 13.1. The van der Waals surface area contributed by atoms with E-state index in [1.54, 1.807) is 0 Å². The highest BCUT2D eigenvalue weighted by atomic mass is 16.5. The maximum Gasteiger partial charge on any atom is 0.259 e. The van der Waals surface area contributed by atoms with Crippen LogP contribution in [-0.4, -0.2) is 28.6 Å². The molecule has 116 valence electrons. The van der Waals surface area contributed by atoms with Gasteiger partial charge in [-0.05, 0) is 32.6 Å². The summed E-state index contributed by atoms with van der Waals surface area (Å²) in [6.45, 7) is 4.79. The van der Waals surface area contributed by atoms with Crippen LogP contribution >= 0.6 is 0 Å². The molecule has 0 unspecified atom stereocenters. The van der Waals surface area contributed by atoms with Crippen LogP contribution in [0.4, 0.5) is 0 Å². The van der Waals surface area contributed by atoms with Gasteiger partial charge in [-0.2, -0.15) is 0 Å². The van der Waals surface area contributed by atoms with Crippen LogP contribution in [0.2, 0.25) is 0 Å². The summed E-state index contributed by atoms with van der Waals surface area (Å²) in [7, 11) is 0. The average Bonchev–Trinajstić information content (AvgIpc) is 2.96. The summed E-state index contributed by atoms with van der Waals surface area (Å²) in [6, 6.07) is 10.1. The van der Waals surface area contributed by atoms with Gasteiger partial charge in [0.2, 0.25) is 0 Å². The van der Waals surface area contributed by atoms with Crippen molar-refractivity contribution in [2.75, 3.05) is 6.54 Å². The molecule has 0 bridgehead atoms. The molecule has 4 heteroatoms. The number of amides is 1. The molecule has 0 spiro atoms. The molecule has 2 aromatic rings. The fourth-order valence-electron chi connectivity index (χ4n) is 3.25. The van der Waals surface area contributed by atoms with Crippen LogP contribution in [0, 0.1) is 6.92 Å². The van der Waals surface area contributed by atoms with Crippen LogP contribution < -0.4 is 0 Å². The first-order chi connectivity index (χ1) is 10.7. The Morgan fingerprint density at radius 1 is 1.32 bits per heavy atom. The van der Waals surface area contributed by atoms with E-state index >= 15 is 0 Å². The van der Waals surface area contributed by atoms with E-state index < -0.39 is 0 Å². The number of aromatic nitrogens is 1. The van der Waals surface area contributed by atoms with Crippen molar-refractivity contribution in [2.24, 2.45) is 0 Å². The fourth-order valence-corrected chi connectivity index (χ4v) is 3.25. The van der Waals surface area contributed by atoms with E-state index in [4.69, 9.17) is 4.52 Å². The second-order valence-electron chi connectivity index (χ2n) is 5.88. The third-order valence-corrected chi connectivity index (χ3v) is 4.48. The third-order valence-electron chi connectivity index (χ3n) is 4.48. The lowest BCUT2D eigenvalue weighted by molar-refractivity contribution is 0.0607. The van der Waals surface area contributed by atoms with E-state index in [1.807, 2.05) is 42.2 Å². The molecule has 1 saturated heterocycles. The van der Waals surface area contributed by atoms with E-state index in [0.29, 0.717) is 23.1 Å². The molecule has 1 fully saturated rings. The number of piperidine rings is 1. The standard InChI is InChI=1S/C18H22N2O2/c1-3-15-11-7-8-12-20(15)18(21)16-13(2)22-19-17(16)14-9-5-4-6-10-14/h4-6,9-10,15H,3,7-8,11-12H2,1-2H3/t15-/m1/s1. The zero-order valence-corrected chi connectivity index (χ0v) is 13.2. The summed E-state index contributed by atoms with van der Waals surface area (Å²) < 4.78 is 5.33.